The van der Waals surface area contributed by atoms with Crippen LogP contribution in [0.2, 0.25) is 0 Å². The maximum absolute atomic E-state index is 10.6. The van der Waals surface area contributed by atoms with E-state index in [1.807, 2.05) is 0 Å². The van der Waals surface area contributed by atoms with Crippen molar-refractivity contribution in [1.29, 1.82) is 0 Å². The maximum Gasteiger partial charge on any atom is 0.335 e. The third-order valence-corrected chi connectivity index (χ3v) is 2.55. The molecule has 1 aromatic rings. The number of rotatable bonds is 5. The molecule has 5 heteroatoms. The molecule has 2 N–H and O–H groups in total. The van der Waals surface area contributed by atoms with Gasteiger partial charge in [-0.2, -0.15) is 0 Å². The van der Waals surface area contributed by atoms with Crippen molar-refractivity contribution in [1.82, 2.24) is 4.98 Å². The highest BCUT2D eigenvalue weighted by Gasteiger charge is 2.03. The average molecular weight is 213 g/mol. The summed E-state index contributed by atoms with van der Waals surface area (Å²) in [4.78, 5) is 14.6. The highest BCUT2D eigenvalue weighted by molar-refractivity contribution is 7.99. The molecule has 0 aliphatic rings. The summed E-state index contributed by atoms with van der Waals surface area (Å²) in [6.07, 6.45) is 2.16. The Morgan fingerprint density at radius 2 is 2.36 bits per heavy atom. The molecular weight excluding hydrogens is 202 g/mol. The number of thioether (sulfide) groups is 1. The van der Waals surface area contributed by atoms with E-state index in [0.29, 0.717) is 11.4 Å². The van der Waals surface area contributed by atoms with Crippen LogP contribution >= 0.6 is 11.8 Å². The molecule has 0 aliphatic heterocycles. The number of aliphatic hydroxyl groups is 1. The average Bonchev–Trinajstić information content (AvgIpc) is 2.19. The Hall–Kier alpha value is -1.07. The number of carbonyl (C=O) groups is 1. The largest absolute Gasteiger partial charge is 0.478 e. The fourth-order valence-electron chi connectivity index (χ4n) is 0.863. The van der Waals surface area contributed by atoms with Crippen LogP contribution in [-0.4, -0.2) is 33.5 Å². The van der Waals surface area contributed by atoms with Gasteiger partial charge >= 0.3 is 5.97 Å². The zero-order valence-electron chi connectivity index (χ0n) is 7.51. The molecule has 0 aliphatic carbocycles. The van der Waals surface area contributed by atoms with Crippen molar-refractivity contribution in [2.24, 2.45) is 0 Å². The van der Waals surface area contributed by atoms with Crippen molar-refractivity contribution in [3.8, 4) is 0 Å². The lowest BCUT2D eigenvalue weighted by Crippen LogP contribution is -1.97. The number of hydrogen-bond donors (Lipinski definition) is 2. The van der Waals surface area contributed by atoms with Crippen LogP contribution in [0.25, 0.3) is 0 Å². The summed E-state index contributed by atoms with van der Waals surface area (Å²) in [5.41, 5.74) is 0.242. The van der Waals surface area contributed by atoms with Crippen molar-refractivity contribution >= 4 is 17.7 Å². The molecule has 0 unspecified atom stereocenters. The van der Waals surface area contributed by atoms with E-state index in [2.05, 4.69) is 4.98 Å². The molecule has 0 aromatic carbocycles. The standard InChI is InChI=1S/C9H11NO3S/c11-4-1-5-14-8-6-7(9(12)13)2-3-10-8/h2-3,6,11H,1,4-5H2,(H,12,13). The monoisotopic (exact) mass is 213 g/mol. The number of nitrogens with zero attached hydrogens (tertiary/aromatic N) is 1. The van der Waals surface area contributed by atoms with Gasteiger partial charge in [-0.25, -0.2) is 9.78 Å². The van der Waals surface area contributed by atoms with Crippen LogP contribution in [0, 0.1) is 0 Å². The molecular formula is C9H11NO3S. The zero-order valence-corrected chi connectivity index (χ0v) is 8.33. The molecule has 0 spiro atoms. The molecule has 0 radical (unpaired) electrons. The number of carboxylic acids is 1. The first kappa shape index (κ1) is 11.0. The first-order chi connectivity index (χ1) is 6.74. The van der Waals surface area contributed by atoms with E-state index in [-0.39, 0.29) is 12.2 Å². The normalized spacial score (nSPS) is 10.1. The Bertz CT molecular complexity index is 317. The lowest BCUT2D eigenvalue weighted by atomic mass is 10.3. The molecule has 0 saturated carbocycles. The van der Waals surface area contributed by atoms with Crippen molar-refractivity contribution in [3.05, 3.63) is 23.9 Å². The molecule has 0 fully saturated rings. The Balaban J connectivity index is 2.59. The van der Waals surface area contributed by atoms with Crippen molar-refractivity contribution < 1.29 is 15.0 Å². The van der Waals surface area contributed by atoms with Gasteiger partial charge in [0.15, 0.2) is 0 Å². The van der Waals surface area contributed by atoms with Crippen LogP contribution in [0.5, 0.6) is 0 Å². The summed E-state index contributed by atoms with van der Waals surface area (Å²) in [5.74, 6) is -0.205. The number of hydrogen-bond acceptors (Lipinski definition) is 4. The minimum atomic E-state index is -0.948. The van der Waals surface area contributed by atoms with Crippen LogP contribution < -0.4 is 0 Å². The van der Waals surface area contributed by atoms with Gasteiger partial charge in [-0.1, -0.05) is 0 Å². The van der Waals surface area contributed by atoms with E-state index in [1.165, 1.54) is 30.1 Å². The fraction of sp³-hybridized carbons (Fsp3) is 0.333. The van der Waals surface area contributed by atoms with Crippen LogP contribution in [0.3, 0.4) is 0 Å². The number of aliphatic hydroxyl groups excluding tert-OH is 1. The lowest BCUT2D eigenvalue weighted by molar-refractivity contribution is 0.0696. The molecule has 0 atom stereocenters. The van der Waals surface area contributed by atoms with Gasteiger partial charge in [-0.3, -0.25) is 0 Å². The van der Waals surface area contributed by atoms with Crippen LogP contribution in [0.1, 0.15) is 16.8 Å². The Labute approximate surface area is 86.0 Å². The van der Waals surface area contributed by atoms with Gasteiger partial charge in [0.2, 0.25) is 0 Å². The molecule has 76 valence electrons. The molecule has 1 rings (SSSR count). The highest BCUT2D eigenvalue weighted by Crippen LogP contribution is 2.16. The summed E-state index contributed by atoms with van der Waals surface area (Å²) >= 11 is 1.44. The second kappa shape index (κ2) is 5.62. The second-order valence-electron chi connectivity index (χ2n) is 2.61. The lowest BCUT2D eigenvalue weighted by Gasteiger charge is -2.00. The Morgan fingerprint density at radius 3 is 3.00 bits per heavy atom. The fourth-order valence-corrected chi connectivity index (χ4v) is 1.69. The summed E-state index contributed by atoms with van der Waals surface area (Å²) in [5, 5.41) is 17.9. The molecule has 4 nitrogen and oxygen atoms in total. The molecule has 14 heavy (non-hydrogen) atoms. The van der Waals surface area contributed by atoms with E-state index in [9.17, 15) is 4.79 Å². The number of carboxylic acid groups (broad SMARTS) is 1. The molecule has 1 heterocycles. The third-order valence-electron chi connectivity index (χ3n) is 1.53. The first-order valence-electron chi connectivity index (χ1n) is 4.17. The maximum atomic E-state index is 10.6. The van der Waals surface area contributed by atoms with Crippen LogP contribution in [0.4, 0.5) is 0 Å². The van der Waals surface area contributed by atoms with Crippen molar-refractivity contribution in [3.63, 3.8) is 0 Å². The number of aromatic nitrogens is 1. The van der Waals surface area contributed by atoms with Gasteiger partial charge in [0.1, 0.15) is 0 Å². The van der Waals surface area contributed by atoms with Gasteiger partial charge in [0.05, 0.1) is 10.6 Å². The van der Waals surface area contributed by atoms with Gasteiger partial charge in [0.25, 0.3) is 0 Å². The smallest absolute Gasteiger partial charge is 0.335 e. The molecule has 0 saturated heterocycles. The van der Waals surface area contributed by atoms with Crippen LogP contribution in [0.15, 0.2) is 23.4 Å². The Kier molecular flexibility index (Phi) is 4.42. The van der Waals surface area contributed by atoms with E-state index in [1.54, 1.807) is 0 Å². The van der Waals surface area contributed by atoms with E-state index >= 15 is 0 Å². The van der Waals surface area contributed by atoms with Gasteiger partial charge < -0.3 is 10.2 Å². The molecule has 1 aromatic heterocycles. The minimum absolute atomic E-state index is 0.144. The first-order valence-corrected chi connectivity index (χ1v) is 5.15. The van der Waals surface area contributed by atoms with Crippen molar-refractivity contribution in [2.75, 3.05) is 12.4 Å². The number of pyridine rings is 1. The highest BCUT2D eigenvalue weighted by atomic mass is 32.2. The van der Waals surface area contributed by atoms with Gasteiger partial charge in [0, 0.05) is 18.6 Å². The summed E-state index contributed by atoms with van der Waals surface area (Å²) in [6, 6.07) is 2.99. The molecule has 0 amide bonds. The molecule has 0 bridgehead atoms. The summed E-state index contributed by atoms with van der Waals surface area (Å²) < 4.78 is 0. The third kappa shape index (κ3) is 3.35. The second-order valence-corrected chi connectivity index (χ2v) is 3.73. The minimum Gasteiger partial charge on any atom is -0.478 e. The van der Waals surface area contributed by atoms with E-state index in [0.717, 1.165) is 5.75 Å². The SMILES string of the molecule is O=C(O)c1ccnc(SCCCO)c1. The number of aromatic carboxylic acids is 1. The van der Waals surface area contributed by atoms with Crippen molar-refractivity contribution in [2.45, 2.75) is 11.4 Å². The summed E-state index contributed by atoms with van der Waals surface area (Å²) in [7, 11) is 0. The van der Waals surface area contributed by atoms with Gasteiger partial charge in [-0.15, -0.1) is 11.8 Å². The quantitative estimate of drug-likeness (QED) is 0.569. The van der Waals surface area contributed by atoms with Gasteiger partial charge in [-0.05, 0) is 18.6 Å². The topological polar surface area (TPSA) is 70.4 Å². The Morgan fingerprint density at radius 1 is 1.57 bits per heavy atom. The summed E-state index contributed by atoms with van der Waals surface area (Å²) in [6.45, 7) is 0.144. The van der Waals surface area contributed by atoms with E-state index < -0.39 is 5.97 Å². The van der Waals surface area contributed by atoms with Crippen LogP contribution in [-0.2, 0) is 0 Å². The zero-order chi connectivity index (χ0) is 10.4. The predicted octanol–water partition coefficient (Wildman–Crippen LogP) is 1.25. The predicted molar refractivity (Wildman–Crippen MR) is 53.6 cm³/mol. The van der Waals surface area contributed by atoms with E-state index in [4.69, 9.17) is 10.2 Å².